The minimum Gasteiger partial charge on any atom is -0.127 e. The predicted octanol–water partition coefficient (Wildman–Crippen LogP) is 4.89. The van der Waals surface area contributed by atoms with E-state index >= 15 is 0 Å². The highest BCUT2D eigenvalue weighted by Crippen LogP contribution is 2.30. The number of benzene rings is 1. The van der Waals surface area contributed by atoms with E-state index in [0.29, 0.717) is 5.88 Å². The number of halogens is 1. The smallest absolute Gasteiger partial charge is 0.0231 e. The lowest BCUT2D eigenvalue weighted by molar-refractivity contribution is 0.508. The molecule has 0 fully saturated rings. The molecular weight excluding hydrogens is 216 g/mol. The number of hydrogen-bond acceptors (Lipinski definition) is 0. The number of rotatable bonds is 3. The van der Waals surface area contributed by atoms with Crippen LogP contribution in [0.4, 0.5) is 0 Å². The van der Waals surface area contributed by atoms with Gasteiger partial charge in [-0.25, -0.2) is 0 Å². The van der Waals surface area contributed by atoms with Crippen molar-refractivity contribution in [3.63, 3.8) is 0 Å². The molecule has 0 atom stereocenters. The second-order valence-electron chi connectivity index (χ2n) is 6.15. The number of alkyl halides is 1. The summed E-state index contributed by atoms with van der Waals surface area (Å²) in [5.74, 6) is 0.716. The van der Waals surface area contributed by atoms with Crippen molar-refractivity contribution in [2.24, 2.45) is 0 Å². The summed E-state index contributed by atoms with van der Waals surface area (Å²) in [6, 6.07) is 8.97. The average Bonchev–Trinajstić information content (AvgIpc) is 2.16. The third kappa shape index (κ3) is 3.25. The molecule has 0 heterocycles. The second kappa shape index (κ2) is 4.79. The molecule has 0 aromatic heterocycles. The van der Waals surface area contributed by atoms with E-state index in [2.05, 4.69) is 58.9 Å². The predicted molar refractivity (Wildman–Crippen MR) is 73.5 cm³/mol. The van der Waals surface area contributed by atoms with Gasteiger partial charge < -0.3 is 0 Å². The van der Waals surface area contributed by atoms with Crippen LogP contribution < -0.4 is 0 Å². The maximum atomic E-state index is 5.84. The summed E-state index contributed by atoms with van der Waals surface area (Å²) in [7, 11) is 0. The van der Waals surface area contributed by atoms with Crippen molar-refractivity contribution in [1.82, 2.24) is 0 Å². The van der Waals surface area contributed by atoms with Crippen LogP contribution in [0.25, 0.3) is 0 Å². The molecule has 0 aliphatic heterocycles. The SMILES string of the molecule is CC(C)(C)c1ccc(C(C)(C)CCCl)cc1. The third-order valence-electron chi connectivity index (χ3n) is 3.25. The Hall–Kier alpha value is -0.490. The summed E-state index contributed by atoms with van der Waals surface area (Å²) in [6.45, 7) is 11.2. The molecule has 0 N–H and O–H groups in total. The molecule has 1 aromatic rings. The van der Waals surface area contributed by atoms with E-state index in [9.17, 15) is 0 Å². The zero-order valence-corrected chi connectivity index (χ0v) is 11.9. The van der Waals surface area contributed by atoms with Crippen molar-refractivity contribution in [3.8, 4) is 0 Å². The van der Waals surface area contributed by atoms with Crippen molar-refractivity contribution >= 4 is 11.6 Å². The molecular formula is C15H23Cl. The summed E-state index contributed by atoms with van der Waals surface area (Å²) < 4.78 is 0. The average molecular weight is 239 g/mol. The lowest BCUT2D eigenvalue weighted by atomic mass is 9.80. The second-order valence-corrected chi connectivity index (χ2v) is 6.53. The van der Waals surface area contributed by atoms with Crippen LogP contribution >= 0.6 is 11.6 Å². The first-order chi connectivity index (χ1) is 7.27. The fraction of sp³-hybridized carbons (Fsp3) is 0.600. The van der Waals surface area contributed by atoms with Gasteiger partial charge in [0.15, 0.2) is 0 Å². The Balaban J connectivity index is 2.95. The quantitative estimate of drug-likeness (QED) is 0.658. The summed E-state index contributed by atoms with van der Waals surface area (Å²) in [5.41, 5.74) is 3.17. The van der Waals surface area contributed by atoms with Crippen molar-refractivity contribution in [1.29, 1.82) is 0 Å². The van der Waals surface area contributed by atoms with E-state index < -0.39 is 0 Å². The van der Waals surface area contributed by atoms with Gasteiger partial charge in [-0.1, -0.05) is 58.9 Å². The Bertz CT molecular complexity index is 327. The van der Waals surface area contributed by atoms with Crippen LogP contribution in [0.15, 0.2) is 24.3 Å². The fourth-order valence-corrected chi connectivity index (χ4v) is 2.27. The van der Waals surface area contributed by atoms with Crippen LogP contribution in [0.5, 0.6) is 0 Å². The molecule has 0 aliphatic carbocycles. The maximum absolute atomic E-state index is 5.84. The molecule has 0 spiro atoms. The Labute approximate surface area is 105 Å². The van der Waals surface area contributed by atoms with Crippen LogP contribution in [-0.2, 0) is 10.8 Å². The minimum absolute atomic E-state index is 0.179. The van der Waals surface area contributed by atoms with Crippen LogP contribution in [-0.4, -0.2) is 5.88 Å². The molecule has 0 aliphatic rings. The first-order valence-electron chi connectivity index (χ1n) is 5.94. The topological polar surface area (TPSA) is 0 Å². The van der Waals surface area contributed by atoms with Crippen LogP contribution in [0.3, 0.4) is 0 Å². The van der Waals surface area contributed by atoms with E-state index in [-0.39, 0.29) is 10.8 Å². The van der Waals surface area contributed by atoms with E-state index in [1.165, 1.54) is 11.1 Å². The van der Waals surface area contributed by atoms with Gasteiger partial charge in [0.25, 0.3) is 0 Å². The van der Waals surface area contributed by atoms with Crippen LogP contribution in [0, 0.1) is 0 Å². The van der Waals surface area contributed by atoms with E-state index in [4.69, 9.17) is 11.6 Å². The molecule has 0 saturated heterocycles. The third-order valence-corrected chi connectivity index (χ3v) is 3.44. The van der Waals surface area contributed by atoms with E-state index in [0.717, 1.165) is 6.42 Å². The molecule has 1 heteroatoms. The molecule has 1 rings (SSSR count). The van der Waals surface area contributed by atoms with Gasteiger partial charge in [-0.3, -0.25) is 0 Å². The van der Waals surface area contributed by atoms with Crippen molar-refractivity contribution in [3.05, 3.63) is 35.4 Å². The Morgan fingerprint density at radius 1 is 0.875 bits per heavy atom. The van der Waals surface area contributed by atoms with E-state index in [1.54, 1.807) is 0 Å². The minimum atomic E-state index is 0.179. The van der Waals surface area contributed by atoms with Crippen LogP contribution in [0.2, 0.25) is 0 Å². The number of hydrogen-bond donors (Lipinski definition) is 0. The lowest BCUT2D eigenvalue weighted by Gasteiger charge is -2.26. The zero-order chi connectivity index (χ0) is 12.4. The molecule has 0 saturated carbocycles. The largest absolute Gasteiger partial charge is 0.127 e. The van der Waals surface area contributed by atoms with Gasteiger partial charge in [0.1, 0.15) is 0 Å². The van der Waals surface area contributed by atoms with Gasteiger partial charge in [0.2, 0.25) is 0 Å². The normalized spacial score (nSPS) is 12.9. The van der Waals surface area contributed by atoms with Gasteiger partial charge in [-0.15, -0.1) is 11.6 Å². The first-order valence-corrected chi connectivity index (χ1v) is 6.48. The molecule has 0 bridgehead atoms. The zero-order valence-electron chi connectivity index (χ0n) is 11.1. The summed E-state index contributed by atoms with van der Waals surface area (Å²) >= 11 is 5.84. The molecule has 0 unspecified atom stereocenters. The lowest BCUT2D eigenvalue weighted by Crippen LogP contribution is -2.18. The summed E-state index contributed by atoms with van der Waals surface area (Å²) in [6.07, 6.45) is 1.02. The Morgan fingerprint density at radius 2 is 1.31 bits per heavy atom. The van der Waals surface area contributed by atoms with Crippen LogP contribution in [0.1, 0.15) is 52.2 Å². The fourth-order valence-electron chi connectivity index (χ4n) is 1.80. The van der Waals surface area contributed by atoms with Gasteiger partial charge in [0, 0.05) is 5.88 Å². The molecule has 16 heavy (non-hydrogen) atoms. The van der Waals surface area contributed by atoms with Crippen molar-refractivity contribution in [2.45, 2.75) is 51.9 Å². The maximum Gasteiger partial charge on any atom is 0.0231 e. The summed E-state index contributed by atoms with van der Waals surface area (Å²) in [5, 5.41) is 0. The highest BCUT2D eigenvalue weighted by Gasteiger charge is 2.20. The summed E-state index contributed by atoms with van der Waals surface area (Å²) in [4.78, 5) is 0. The molecule has 0 radical (unpaired) electrons. The molecule has 0 nitrogen and oxygen atoms in total. The molecule has 0 amide bonds. The van der Waals surface area contributed by atoms with Gasteiger partial charge in [0.05, 0.1) is 0 Å². The van der Waals surface area contributed by atoms with Gasteiger partial charge >= 0.3 is 0 Å². The Morgan fingerprint density at radius 3 is 1.69 bits per heavy atom. The highest BCUT2D eigenvalue weighted by atomic mass is 35.5. The standard InChI is InChI=1S/C15H23Cl/c1-14(2,3)12-6-8-13(9-7-12)15(4,5)10-11-16/h6-9H,10-11H2,1-5H3. The van der Waals surface area contributed by atoms with Crippen molar-refractivity contribution in [2.75, 3.05) is 5.88 Å². The molecule has 90 valence electrons. The van der Waals surface area contributed by atoms with Gasteiger partial charge in [-0.05, 0) is 28.4 Å². The highest BCUT2D eigenvalue weighted by molar-refractivity contribution is 6.17. The van der Waals surface area contributed by atoms with Gasteiger partial charge in [-0.2, -0.15) is 0 Å². The first kappa shape index (κ1) is 13.6. The van der Waals surface area contributed by atoms with E-state index in [1.807, 2.05) is 0 Å². The molecule has 1 aromatic carbocycles. The Kier molecular flexibility index (Phi) is 4.07. The van der Waals surface area contributed by atoms with Crippen molar-refractivity contribution < 1.29 is 0 Å². The monoisotopic (exact) mass is 238 g/mol.